The van der Waals surface area contributed by atoms with E-state index in [0.717, 1.165) is 32.0 Å². The molecule has 0 bridgehead atoms. The molecule has 88 valence electrons. The van der Waals surface area contributed by atoms with Crippen LogP contribution in [0.5, 0.6) is 0 Å². The summed E-state index contributed by atoms with van der Waals surface area (Å²) in [5.41, 5.74) is 0. The van der Waals surface area contributed by atoms with Crippen molar-refractivity contribution in [2.24, 2.45) is 5.92 Å². The average Bonchev–Trinajstić information content (AvgIpc) is 2.27. The third-order valence-corrected chi connectivity index (χ3v) is 3.42. The average molecular weight is 211 g/mol. The summed E-state index contributed by atoms with van der Waals surface area (Å²) in [7, 11) is 0. The lowest BCUT2D eigenvalue weighted by Crippen LogP contribution is -2.51. The molecule has 0 amide bonds. The summed E-state index contributed by atoms with van der Waals surface area (Å²) in [5, 5.41) is 7.96. The van der Waals surface area contributed by atoms with Gasteiger partial charge < -0.3 is 4.90 Å². The molecule has 0 radical (unpaired) electrons. The Morgan fingerprint density at radius 3 is 2.07 bits per heavy atom. The van der Waals surface area contributed by atoms with Gasteiger partial charge in [-0.15, -0.1) is 0 Å². The van der Waals surface area contributed by atoms with Gasteiger partial charge in [-0.25, -0.2) is 0 Å². The Hall–Kier alpha value is -0.570. The van der Waals surface area contributed by atoms with Gasteiger partial charge in [0.2, 0.25) is 0 Å². The summed E-state index contributed by atoms with van der Waals surface area (Å²) in [5.74, 6) is 1.17. The normalized spacial score (nSPS) is 20.7. The van der Waals surface area contributed by atoms with Gasteiger partial charge in [0.25, 0.3) is 0 Å². The van der Waals surface area contributed by atoms with Gasteiger partial charge in [-0.3, -0.25) is 10.3 Å². The van der Waals surface area contributed by atoms with Gasteiger partial charge in [-0.1, -0.05) is 20.8 Å². The Balaban J connectivity index is 2.39. The number of nitrogens with zero attached hydrogens (tertiary/aromatic N) is 2. The standard InChI is InChI=1S/C12H25N3/c1-5-11(4)14-6-8-15(9-7-14)12(13)10(2)3/h10-11,13H,5-9H2,1-4H3. The minimum absolute atomic E-state index is 0.361. The van der Waals surface area contributed by atoms with Crippen molar-refractivity contribution in [2.75, 3.05) is 26.2 Å². The first-order valence-corrected chi connectivity index (χ1v) is 6.13. The van der Waals surface area contributed by atoms with Crippen LogP contribution in [0.4, 0.5) is 0 Å². The third kappa shape index (κ3) is 3.20. The van der Waals surface area contributed by atoms with Crippen LogP contribution in [0.2, 0.25) is 0 Å². The van der Waals surface area contributed by atoms with E-state index in [9.17, 15) is 0 Å². The first-order chi connectivity index (χ1) is 7.06. The molecule has 1 atom stereocenters. The molecule has 3 nitrogen and oxygen atoms in total. The molecule has 1 aliphatic heterocycles. The van der Waals surface area contributed by atoms with Gasteiger partial charge in [0.1, 0.15) is 0 Å². The Morgan fingerprint density at radius 2 is 1.67 bits per heavy atom. The zero-order chi connectivity index (χ0) is 11.4. The van der Waals surface area contributed by atoms with Crippen molar-refractivity contribution in [3.8, 4) is 0 Å². The molecular formula is C12H25N3. The zero-order valence-corrected chi connectivity index (χ0v) is 10.6. The predicted molar refractivity (Wildman–Crippen MR) is 65.5 cm³/mol. The van der Waals surface area contributed by atoms with E-state index in [-0.39, 0.29) is 0 Å². The van der Waals surface area contributed by atoms with Crippen LogP contribution < -0.4 is 0 Å². The van der Waals surface area contributed by atoms with Crippen LogP contribution in [0.15, 0.2) is 0 Å². The number of hydrogen-bond donors (Lipinski definition) is 1. The van der Waals surface area contributed by atoms with E-state index in [4.69, 9.17) is 5.41 Å². The first-order valence-electron chi connectivity index (χ1n) is 6.13. The predicted octanol–water partition coefficient (Wildman–Crippen LogP) is 2.04. The van der Waals surface area contributed by atoms with Crippen molar-refractivity contribution in [3.05, 3.63) is 0 Å². The summed E-state index contributed by atoms with van der Waals surface area (Å²) >= 11 is 0. The molecule has 0 aromatic rings. The van der Waals surface area contributed by atoms with Crippen LogP contribution in [0, 0.1) is 11.3 Å². The summed E-state index contributed by atoms with van der Waals surface area (Å²) in [6.45, 7) is 13.0. The van der Waals surface area contributed by atoms with Gasteiger partial charge >= 0.3 is 0 Å². The SMILES string of the molecule is CCC(C)N1CCN(C(=N)C(C)C)CC1. The lowest BCUT2D eigenvalue weighted by Gasteiger charge is -2.39. The Morgan fingerprint density at radius 1 is 1.13 bits per heavy atom. The maximum absolute atomic E-state index is 7.96. The highest BCUT2D eigenvalue weighted by Crippen LogP contribution is 2.11. The molecule has 0 aromatic carbocycles. The van der Waals surface area contributed by atoms with Gasteiger partial charge in [0.05, 0.1) is 5.84 Å². The molecule has 0 spiro atoms. The van der Waals surface area contributed by atoms with Crippen molar-refractivity contribution in [1.82, 2.24) is 9.80 Å². The van der Waals surface area contributed by atoms with Crippen molar-refractivity contribution in [3.63, 3.8) is 0 Å². The maximum atomic E-state index is 7.96. The van der Waals surface area contributed by atoms with Crippen molar-refractivity contribution >= 4 is 5.84 Å². The van der Waals surface area contributed by atoms with Gasteiger partial charge in [-0.05, 0) is 13.3 Å². The minimum Gasteiger partial charge on any atom is -0.358 e. The highest BCUT2D eigenvalue weighted by atomic mass is 15.3. The van der Waals surface area contributed by atoms with Crippen LogP contribution >= 0.6 is 0 Å². The quantitative estimate of drug-likeness (QED) is 0.572. The van der Waals surface area contributed by atoms with E-state index >= 15 is 0 Å². The smallest absolute Gasteiger partial charge is 0.0984 e. The molecule has 3 heteroatoms. The second kappa shape index (κ2) is 5.50. The van der Waals surface area contributed by atoms with Gasteiger partial charge in [0.15, 0.2) is 0 Å². The molecule has 1 unspecified atom stereocenters. The van der Waals surface area contributed by atoms with E-state index in [1.165, 1.54) is 6.42 Å². The molecule has 1 N–H and O–H groups in total. The van der Waals surface area contributed by atoms with Crippen molar-refractivity contribution in [1.29, 1.82) is 5.41 Å². The number of hydrogen-bond acceptors (Lipinski definition) is 2. The molecule has 0 saturated carbocycles. The third-order valence-electron chi connectivity index (χ3n) is 3.42. The van der Waals surface area contributed by atoms with Gasteiger partial charge in [0, 0.05) is 38.1 Å². The fourth-order valence-electron chi connectivity index (χ4n) is 2.03. The van der Waals surface area contributed by atoms with Crippen LogP contribution in [0.3, 0.4) is 0 Å². The minimum atomic E-state index is 0.361. The highest BCUT2D eigenvalue weighted by molar-refractivity contribution is 5.81. The lowest BCUT2D eigenvalue weighted by molar-refractivity contribution is 0.135. The Kier molecular flexibility index (Phi) is 4.58. The molecule has 1 fully saturated rings. The largest absolute Gasteiger partial charge is 0.358 e. The zero-order valence-electron chi connectivity index (χ0n) is 10.6. The molecule has 0 aliphatic carbocycles. The molecule has 15 heavy (non-hydrogen) atoms. The summed E-state index contributed by atoms with van der Waals surface area (Å²) in [6.07, 6.45) is 1.22. The van der Waals surface area contributed by atoms with Crippen LogP contribution in [-0.4, -0.2) is 47.9 Å². The monoisotopic (exact) mass is 211 g/mol. The number of piperazine rings is 1. The molecule has 1 rings (SSSR count). The topological polar surface area (TPSA) is 30.3 Å². The van der Waals surface area contributed by atoms with Crippen LogP contribution in [-0.2, 0) is 0 Å². The van der Waals surface area contributed by atoms with Crippen LogP contribution in [0.1, 0.15) is 34.1 Å². The second-order valence-corrected chi connectivity index (χ2v) is 4.82. The highest BCUT2D eigenvalue weighted by Gasteiger charge is 2.22. The fourth-order valence-corrected chi connectivity index (χ4v) is 2.03. The van der Waals surface area contributed by atoms with E-state index < -0.39 is 0 Å². The summed E-state index contributed by atoms with van der Waals surface area (Å²) in [6, 6.07) is 0.695. The lowest BCUT2D eigenvalue weighted by atomic mass is 10.1. The number of rotatable bonds is 3. The van der Waals surface area contributed by atoms with E-state index in [0.29, 0.717) is 12.0 Å². The van der Waals surface area contributed by atoms with Crippen molar-refractivity contribution in [2.45, 2.75) is 40.2 Å². The summed E-state index contributed by atoms with van der Waals surface area (Å²) in [4.78, 5) is 4.76. The van der Waals surface area contributed by atoms with E-state index in [1.807, 2.05) is 0 Å². The second-order valence-electron chi connectivity index (χ2n) is 4.82. The molecule has 1 saturated heterocycles. The number of amidine groups is 1. The Labute approximate surface area is 94.0 Å². The molecule has 0 aromatic heterocycles. The summed E-state index contributed by atoms with van der Waals surface area (Å²) < 4.78 is 0. The maximum Gasteiger partial charge on any atom is 0.0984 e. The van der Waals surface area contributed by atoms with Crippen LogP contribution in [0.25, 0.3) is 0 Å². The Bertz CT molecular complexity index is 205. The molecular weight excluding hydrogens is 186 g/mol. The number of nitrogens with one attached hydrogen (secondary N) is 1. The molecule has 1 aliphatic rings. The van der Waals surface area contributed by atoms with Crippen molar-refractivity contribution < 1.29 is 0 Å². The van der Waals surface area contributed by atoms with Gasteiger partial charge in [-0.2, -0.15) is 0 Å². The first kappa shape index (κ1) is 12.5. The fraction of sp³-hybridized carbons (Fsp3) is 0.917. The van der Waals surface area contributed by atoms with E-state index in [2.05, 4.69) is 37.5 Å². The molecule has 1 heterocycles. The van der Waals surface area contributed by atoms with E-state index in [1.54, 1.807) is 0 Å².